The molecule has 22 heavy (non-hydrogen) atoms. The Bertz CT molecular complexity index is 545. The lowest BCUT2D eigenvalue weighted by atomic mass is 9.89. The molecule has 3 nitrogen and oxygen atoms in total. The minimum Gasteiger partial charge on any atom is -0.481 e. The van der Waals surface area contributed by atoms with Crippen LogP contribution in [0.15, 0.2) is 41.2 Å². The summed E-state index contributed by atoms with van der Waals surface area (Å²) in [4.78, 5) is 13.5. The van der Waals surface area contributed by atoms with E-state index in [1.807, 2.05) is 0 Å². The third kappa shape index (κ3) is 5.58. The van der Waals surface area contributed by atoms with Gasteiger partial charge in [0.05, 0.1) is 11.7 Å². The predicted octanol–water partition coefficient (Wildman–Crippen LogP) is 4.00. The summed E-state index contributed by atoms with van der Waals surface area (Å²) in [5.41, 5.74) is 3.39. The number of hydrogen-bond donors (Lipinski definition) is 1. The minimum absolute atomic E-state index is 0.0778. The highest BCUT2D eigenvalue weighted by Gasteiger charge is 2.33. The van der Waals surface area contributed by atoms with Crippen molar-refractivity contribution >= 4 is 5.97 Å². The van der Waals surface area contributed by atoms with Crippen LogP contribution in [0, 0.1) is 5.92 Å². The molecule has 0 amide bonds. The summed E-state index contributed by atoms with van der Waals surface area (Å²) in [6.45, 7) is 8.50. The first-order valence-electron chi connectivity index (χ1n) is 7.24. The molecular weight excluding hydrogens is 288 g/mol. The van der Waals surface area contributed by atoms with Crippen LogP contribution in [0.25, 0.3) is 0 Å². The van der Waals surface area contributed by atoms with E-state index in [-0.39, 0.29) is 5.54 Å². The van der Waals surface area contributed by atoms with Crippen LogP contribution in [0.4, 0.5) is 8.78 Å². The third-order valence-electron chi connectivity index (χ3n) is 3.56. The molecule has 1 fully saturated rings. The Kier molecular flexibility index (Phi) is 6.27. The van der Waals surface area contributed by atoms with Crippen molar-refractivity contribution in [2.24, 2.45) is 5.92 Å². The quantitative estimate of drug-likeness (QED) is 0.632. The van der Waals surface area contributed by atoms with E-state index in [1.165, 1.54) is 6.08 Å². The highest BCUT2D eigenvalue weighted by Crippen LogP contribution is 2.27. The molecule has 1 aliphatic heterocycles. The number of halogens is 2. The Hall–Kier alpha value is -1.71. The van der Waals surface area contributed by atoms with Crippen LogP contribution in [0.2, 0.25) is 0 Å². The number of hydrogen-bond acceptors (Lipinski definition) is 2. The maximum atomic E-state index is 13.3. The molecule has 0 radical (unpaired) electrons. The van der Waals surface area contributed by atoms with Crippen molar-refractivity contribution in [3.63, 3.8) is 0 Å². The number of nitrogens with zero attached hydrogens (tertiary/aromatic N) is 1. The second-order valence-corrected chi connectivity index (χ2v) is 6.39. The van der Waals surface area contributed by atoms with E-state index < -0.39 is 23.5 Å². The lowest BCUT2D eigenvalue weighted by molar-refractivity contribution is -0.141. The Balaban J connectivity index is 3.05. The maximum absolute atomic E-state index is 13.3. The SMILES string of the molecule is C/C(F)=C\C(F)=C/C=C=C1CN(C(C)(C)C)CC[C@H]1C(=O)O. The van der Waals surface area contributed by atoms with E-state index in [9.17, 15) is 18.7 Å². The number of carboxylic acid groups (broad SMARTS) is 1. The van der Waals surface area contributed by atoms with Gasteiger partial charge in [-0.1, -0.05) is 0 Å². The molecule has 0 unspecified atom stereocenters. The smallest absolute Gasteiger partial charge is 0.311 e. The van der Waals surface area contributed by atoms with Crippen LogP contribution in [0.1, 0.15) is 34.1 Å². The number of carbonyl (C=O) groups is 1. The van der Waals surface area contributed by atoms with Crippen LogP contribution >= 0.6 is 0 Å². The highest BCUT2D eigenvalue weighted by molar-refractivity contribution is 5.74. The molecule has 0 aromatic heterocycles. The zero-order chi connectivity index (χ0) is 16.9. The van der Waals surface area contributed by atoms with Gasteiger partial charge in [-0.05, 0) is 46.3 Å². The second kappa shape index (κ2) is 7.52. The van der Waals surface area contributed by atoms with Crippen molar-refractivity contribution in [3.8, 4) is 0 Å². The molecule has 0 spiro atoms. The molecule has 0 aromatic carbocycles. The number of carboxylic acids is 1. The van der Waals surface area contributed by atoms with Gasteiger partial charge in [0.2, 0.25) is 0 Å². The van der Waals surface area contributed by atoms with Crippen LogP contribution in [-0.2, 0) is 4.79 Å². The zero-order valence-electron chi connectivity index (χ0n) is 13.5. The van der Waals surface area contributed by atoms with Crippen molar-refractivity contribution in [2.75, 3.05) is 13.1 Å². The minimum atomic E-state index is -0.895. The number of rotatable bonds is 3. The van der Waals surface area contributed by atoms with Gasteiger partial charge in [-0.25, -0.2) is 8.78 Å². The average molecular weight is 311 g/mol. The van der Waals surface area contributed by atoms with Crippen molar-refractivity contribution in [2.45, 2.75) is 39.7 Å². The average Bonchev–Trinajstić information content (AvgIpc) is 2.36. The van der Waals surface area contributed by atoms with Gasteiger partial charge in [-0.15, -0.1) is 5.73 Å². The molecule has 0 aliphatic carbocycles. The van der Waals surface area contributed by atoms with E-state index in [1.54, 1.807) is 0 Å². The number of allylic oxidation sites excluding steroid dienone is 4. The van der Waals surface area contributed by atoms with E-state index in [0.717, 1.165) is 19.1 Å². The predicted molar refractivity (Wildman–Crippen MR) is 82.7 cm³/mol. The normalized spacial score (nSPS) is 21.5. The van der Waals surface area contributed by atoms with Crippen molar-refractivity contribution < 1.29 is 18.7 Å². The molecule has 1 atom stereocenters. The monoisotopic (exact) mass is 311 g/mol. The van der Waals surface area contributed by atoms with E-state index in [4.69, 9.17) is 0 Å². The number of aliphatic carboxylic acids is 1. The summed E-state index contributed by atoms with van der Waals surface area (Å²) in [7, 11) is 0. The molecule has 1 heterocycles. The molecule has 1 rings (SSSR count). The molecule has 5 heteroatoms. The first kappa shape index (κ1) is 18.3. The lowest BCUT2D eigenvalue weighted by Gasteiger charge is -2.40. The van der Waals surface area contributed by atoms with Gasteiger partial charge in [0.25, 0.3) is 0 Å². The van der Waals surface area contributed by atoms with Gasteiger partial charge < -0.3 is 5.11 Å². The first-order valence-corrected chi connectivity index (χ1v) is 7.24. The Morgan fingerprint density at radius 2 is 2.05 bits per heavy atom. The fraction of sp³-hybridized carbons (Fsp3) is 0.529. The Labute approximate surface area is 130 Å². The summed E-state index contributed by atoms with van der Waals surface area (Å²) in [6, 6.07) is 0. The largest absolute Gasteiger partial charge is 0.481 e. The Morgan fingerprint density at radius 3 is 2.55 bits per heavy atom. The van der Waals surface area contributed by atoms with Crippen molar-refractivity contribution in [1.29, 1.82) is 0 Å². The molecule has 122 valence electrons. The molecule has 1 N–H and O–H groups in total. The summed E-state index contributed by atoms with van der Waals surface area (Å²) >= 11 is 0. The fourth-order valence-electron chi connectivity index (χ4n) is 2.31. The van der Waals surface area contributed by atoms with E-state index in [0.29, 0.717) is 25.1 Å². The lowest BCUT2D eigenvalue weighted by Crippen LogP contribution is -2.48. The first-order chi connectivity index (χ1) is 10.1. The standard InChI is InChI=1S/C17H23F2NO2/c1-12(18)10-14(19)7-5-6-13-11-20(17(2,3)4)9-8-15(13)16(21)22/h5,7,10,15H,8-9,11H2,1-4H3,(H,21,22)/b12-10+,14-7+/t6?,15-/m1/s1. The third-order valence-corrected chi connectivity index (χ3v) is 3.56. The van der Waals surface area contributed by atoms with Crippen LogP contribution in [0.3, 0.4) is 0 Å². The second-order valence-electron chi connectivity index (χ2n) is 6.39. The zero-order valence-corrected chi connectivity index (χ0v) is 13.5. The summed E-state index contributed by atoms with van der Waals surface area (Å²) in [6.07, 6.45) is 3.65. The summed E-state index contributed by atoms with van der Waals surface area (Å²) < 4.78 is 25.8. The molecule has 0 bridgehead atoms. The van der Waals surface area contributed by atoms with Gasteiger partial charge in [-0.3, -0.25) is 9.69 Å². The van der Waals surface area contributed by atoms with Gasteiger partial charge >= 0.3 is 5.97 Å². The van der Waals surface area contributed by atoms with Crippen LogP contribution in [0.5, 0.6) is 0 Å². The fourth-order valence-corrected chi connectivity index (χ4v) is 2.31. The van der Waals surface area contributed by atoms with Gasteiger partial charge in [-0.2, -0.15) is 0 Å². The Morgan fingerprint density at radius 1 is 1.41 bits per heavy atom. The number of piperidine rings is 1. The summed E-state index contributed by atoms with van der Waals surface area (Å²) in [5.74, 6) is -2.86. The van der Waals surface area contributed by atoms with Gasteiger partial charge in [0.15, 0.2) is 0 Å². The van der Waals surface area contributed by atoms with Crippen molar-refractivity contribution in [1.82, 2.24) is 4.90 Å². The van der Waals surface area contributed by atoms with Crippen LogP contribution in [-0.4, -0.2) is 34.6 Å². The van der Waals surface area contributed by atoms with Gasteiger partial charge in [0, 0.05) is 30.3 Å². The van der Waals surface area contributed by atoms with E-state index >= 15 is 0 Å². The maximum Gasteiger partial charge on any atom is 0.311 e. The van der Waals surface area contributed by atoms with Crippen molar-refractivity contribution in [3.05, 3.63) is 41.2 Å². The highest BCUT2D eigenvalue weighted by atomic mass is 19.1. The molecule has 1 aliphatic rings. The molecular formula is C17H23F2NO2. The summed E-state index contributed by atoms with van der Waals surface area (Å²) in [5, 5.41) is 9.28. The van der Waals surface area contributed by atoms with Crippen LogP contribution < -0.4 is 0 Å². The molecule has 1 saturated heterocycles. The number of likely N-dealkylation sites (tertiary alicyclic amines) is 1. The molecule has 0 saturated carbocycles. The topological polar surface area (TPSA) is 40.5 Å². The van der Waals surface area contributed by atoms with E-state index in [2.05, 4.69) is 31.4 Å². The van der Waals surface area contributed by atoms with Gasteiger partial charge in [0.1, 0.15) is 5.83 Å². The molecule has 0 aromatic rings.